The largest absolute Gasteiger partial charge is 0.384 e. The van der Waals surface area contributed by atoms with Gasteiger partial charge in [-0.15, -0.1) is 0 Å². The number of anilines is 1. The van der Waals surface area contributed by atoms with Crippen molar-refractivity contribution in [3.63, 3.8) is 0 Å². The molecule has 3 heteroatoms. The normalized spacial score (nSPS) is 11.7. The van der Waals surface area contributed by atoms with Crippen LogP contribution in [0.4, 0.5) is 5.82 Å². The van der Waals surface area contributed by atoms with Crippen molar-refractivity contribution in [2.45, 2.75) is 33.1 Å². The molecule has 118 valence electrons. The maximum atomic E-state index is 6.15. The molecular formula is C20H23N3. The Kier molecular flexibility index (Phi) is 3.72. The average molecular weight is 305 g/mol. The second kappa shape index (κ2) is 5.58. The van der Waals surface area contributed by atoms with Crippen LogP contribution in [-0.2, 0) is 5.41 Å². The predicted octanol–water partition coefficient (Wildman–Crippen LogP) is 4.73. The molecule has 1 aromatic heterocycles. The number of hydrogen-bond donors (Lipinski definition) is 1. The third-order valence-corrected chi connectivity index (χ3v) is 4.06. The van der Waals surface area contributed by atoms with Gasteiger partial charge in [-0.2, -0.15) is 5.10 Å². The third kappa shape index (κ3) is 3.14. The van der Waals surface area contributed by atoms with E-state index >= 15 is 0 Å². The maximum absolute atomic E-state index is 6.15. The van der Waals surface area contributed by atoms with Crippen molar-refractivity contribution >= 4 is 5.82 Å². The molecular weight excluding hydrogens is 282 g/mol. The number of nitrogen functional groups attached to an aromatic ring is 1. The molecule has 0 amide bonds. The highest BCUT2D eigenvalue weighted by Crippen LogP contribution is 2.27. The van der Waals surface area contributed by atoms with Gasteiger partial charge in [-0.05, 0) is 30.0 Å². The van der Waals surface area contributed by atoms with Crippen LogP contribution in [0, 0.1) is 6.92 Å². The fourth-order valence-corrected chi connectivity index (χ4v) is 2.57. The first kappa shape index (κ1) is 15.3. The minimum absolute atomic E-state index is 0.152. The first-order valence-corrected chi connectivity index (χ1v) is 7.88. The van der Waals surface area contributed by atoms with E-state index in [0.717, 1.165) is 16.9 Å². The zero-order valence-electron chi connectivity index (χ0n) is 14.2. The van der Waals surface area contributed by atoms with Crippen LogP contribution >= 0.6 is 0 Å². The Hall–Kier alpha value is -2.55. The molecule has 0 aliphatic carbocycles. The number of hydrogen-bond acceptors (Lipinski definition) is 2. The smallest absolute Gasteiger partial charge is 0.127 e. The zero-order chi connectivity index (χ0) is 16.6. The summed E-state index contributed by atoms with van der Waals surface area (Å²) in [4.78, 5) is 0. The van der Waals surface area contributed by atoms with Crippen LogP contribution in [0.2, 0.25) is 0 Å². The molecule has 23 heavy (non-hydrogen) atoms. The highest BCUT2D eigenvalue weighted by Gasteiger charge is 2.14. The van der Waals surface area contributed by atoms with Crippen LogP contribution < -0.4 is 5.73 Å². The molecule has 0 radical (unpaired) electrons. The summed E-state index contributed by atoms with van der Waals surface area (Å²) in [6.45, 7) is 8.71. The maximum Gasteiger partial charge on any atom is 0.127 e. The zero-order valence-corrected chi connectivity index (χ0v) is 14.2. The van der Waals surface area contributed by atoms with Gasteiger partial charge in [0.05, 0.1) is 11.4 Å². The quantitative estimate of drug-likeness (QED) is 0.744. The molecule has 0 bridgehead atoms. The lowest BCUT2D eigenvalue weighted by Gasteiger charge is -2.18. The fraction of sp³-hybridized carbons (Fsp3) is 0.250. The van der Waals surface area contributed by atoms with Crippen molar-refractivity contribution in [1.82, 2.24) is 9.78 Å². The number of aromatic nitrogens is 2. The van der Waals surface area contributed by atoms with Crippen molar-refractivity contribution < 1.29 is 0 Å². The van der Waals surface area contributed by atoms with Crippen LogP contribution in [0.3, 0.4) is 0 Å². The Morgan fingerprint density at radius 1 is 0.913 bits per heavy atom. The van der Waals surface area contributed by atoms with Gasteiger partial charge in [-0.25, -0.2) is 4.68 Å². The lowest BCUT2D eigenvalue weighted by molar-refractivity contribution is 0.590. The van der Waals surface area contributed by atoms with Gasteiger partial charge in [0.2, 0.25) is 0 Å². The van der Waals surface area contributed by atoms with Crippen LogP contribution in [0.15, 0.2) is 54.6 Å². The van der Waals surface area contributed by atoms with Gasteiger partial charge < -0.3 is 5.73 Å². The summed E-state index contributed by atoms with van der Waals surface area (Å²) in [6, 6.07) is 18.7. The van der Waals surface area contributed by atoms with Gasteiger partial charge in [-0.3, -0.25) is 0 Å². The lowest BCUT2D eigenvalue weighted by atomic mass is 9.86. The molecule has 3 aromatic rings. The van der Waals surface area contributed by atoms with Gasteiger partial charge in [-0.1, -0.05) is 62.7 Å². The number of nitrogens with zero attached hydrogens (tertiary/aromatic N) is 2. The Morgan fingerprint density at radius 2 is 1.52 bits per heavy atom. The first-order valence-electron chi connectivity index (χ1n) is 7.88. The molecule has 3 rings (SSSR count). The van der Waals surface area contributed by atoms with E-state index in [0.29, 0.717) is 5.82 Å². The van der Waals surface area contributed by atoms with Gasteiger partial charge in [0.15, 0.2) is 0 Å². The Morgan fingerprint density at radius 3 is 2.09 bits per heavy atom. The fourth-order valence-electron chi connectivity index (χ4n) is 2.57. The molecule has 0 unspecified atom stereocenters. The van der Waals surface area contributed by atoms with E-state index in [2.05, 4.69) is 69.2 Å². The highest BCUT2D eigenvalue weighted by atomic mass is 15.3. The third-order valence-electron chi connectivity index (χ3n) is 4.06. The number of nitrogens with two attached hydrogens (primary N) is 1. The van der Waals surface area contributed by atoms with Gasteiger partial charge >= 0.3 is 0 Å². The average Bonchev–Trinajstić information content (AvgIpc) is 2.89. The first-order chi connectivity index (χ1) is 10.8. The van der Waals surface area contributed by atoms with E-state index in [1.165, 1.54) is 11.1 Å². The number of aryl methyl sites for hydroxylation is 1. The molecule has 0 saturated heterocycles. The van der Waals surface area contributed by atoms with Crippen molar-refractivity contribution in [3.05, 3.63) is 65.7 Å². The van der Waals surface area contributed by atoms with Crippen LogP contribution in [0.1, 0.15) is 31.9 Å². The van der Waals surface area contributed by atoms with E-state index in [4.69, 9.17) is 5.73 Å². The molecule has 0 atom stereocenters. The number of benzene rings is 2. The van der Waals surface area contributed by atoms with Crippen molar-refractivity contribution in [2.75, 3.05) is 5.73 Å². The molecule has 1 heterocycles. The molecule has 0 aliphatic rings. The molecule has 3 nitrogen and oxygen atoms in total. The molecule has 0 spiro atoms. The van der Waals surface area contributed by atoms with Gasteiger partial charge in [0, 0.05) is 11.6 Å². The summed E-state index contributed by atoms with van der Waals surface area (Å²) in [5.41, 5.74) is 11.8. The molecule has 0 saturated carbocycles. The molecule has 2 aromatic carbocycles. The summed E-state index contributed by atoms with van der Waals surface area (Å²) < 4.78 is 1.78. The molecule has 2 N–H and O–H groups in total. The minimum Gasteiger partial charge on any atom is -0.384 e. The van der Waals surface area contributed by atoms with E-state index in [9.17, 15) is 0 Å². The minimum atomic E-state index is 0.152. The second-order valence-electron chi connectivity index (χ2n) is 7.03. The van der Waals surface area contributed by atoms with Crippen molar-refractivity contribution in [1.29, 1.82) is 0 Å². The topological polar surface area (TPSA) is 43.8 Å². The SMILES string of the molecule is Cc1ccc(-n2nc(-c3ccc(C(C)(C)C)cc3)cc2N)cc1. The van der Waals surface area contributed by atoms with Crippen molar-refractivity contribution in [2.24, 2.45) is 0 Å². The van der Waals surface area contributed by atoms with E-state index in [-0.39, 0.29) is 5.41 Å². The predicted molar refractivity (Wildman–Crippen MR) is 96.8 cm³/mol. The van der Waals surface area contributed by atoms with Crippen LogP contribution in [0.5, 0.6) is 0 Å². The lowest BCUT2D eigenvalue weighted by Crippen LogP contribution is -2.10. The van der Waals surface area contributed by atoms with Crippen molar-refractivity contribution in [3.8, 4) is 16.9 Å². The van der Waals surface area contributed by atoms with E-state index < -0.39 is 0 Å². The molecule has 0 fully saturated rings. The summed E-state index contributed by atoms with van der Waals surface area (Å²) in [5, 5.41) is 4.66. The summed E-state index contributed by atoms with van der Waals surface area (Å²) in [7, 11) is 0. The molecule has 0 aliphatic heterocycles. The summed E-state index contributed by atoms with van der Waals surface area (Å²) >= 11 is 0. The number of rotatable bonds is 2. The summed E-state index contributed by atoms with van der Waals surface area (Å²) in [6.07, 6.45) is 0. The monoisotopic (exact) mass is 305 g/mol. The van der Waals surface area contributed by atoms with Crippen LogP contribution in [-0.4, -0.2) is 9.78 Å². The van der Waals surface area contributed by atoms with Crippen LogP contribution in [0.25, 0.3) is 16.9 Å². The van der Waals surface area contributed by atoms with Gasteiger partial charge in [0.25, 0.3) is 0 Å². The standard InChI is InChI=1S/C20H23N3/c1-14-5-11-17(12-6-14)23-19(21)13-18(22-23)15-7-9-16(10-8-15)20(2,3)4/h5-13H,21H2,1-4H3. The Bertz CT molecular complexity index is 804. The Balaban J connectivity index is 1.96. The highest BCUT2D eigenvalue weighted by molar-refractivity contribution is 5.64. The summed E-state index contributed by atoms with van der Waals surface area (Å²) in [5.74, 6) is 0.642. The van der Waals surface area contributed by atoms with Gasteiger partial charge in [0.1, 0.15) is 5.82 Å². The van der Waals surface area contributed by atoms with E-state index in [1.54, 1.807) is 4.68 Å². The Labute approximate surface area is 137 Å². The second-order valence-corrected chi connectivity index (χ2v) is 7.03. The van der Waals surface area contributed by atoms with E-state index in [1.807, 2.05) is 18.2 Å².